The van der Waals surface area contributed by atoms with Crippen LogP contribution < -0.4 is 19.8 Å². The van der Waals surface area contributed by atoms with Gasteiger partial charge in [0.25, 0.3) is 5.91 Å². The first-order chi connectivity index (χ1) is 19.1. The molecule has 0 bridgehead atoms. The van der Waals surface area contributed by atoms with E-state index in [1.54, 1.807) is 48.4 Å². The van der Waals surface area contributed by atoms with Crippen molar-refractivity contribution in [1.29, 1.82) is 0 Å². The third-order valence-electron chi connectivity index (χ3n) is 7.49. The van der Waals surface area contributed by atoms with Crippen molar-refractivity contribution >= 4 is 28.3 Å². The smallest absolute Gasteiger partial charge is 0.295 e. The Bertz CT molecular complexity index is 1680. The molecule has 1 aliphatic heterocycles. The van der Waals surface area contributed by atoms with Gasteiger partial charge in [-0.1, -0.05) is 19.9 Å². The monoisotopic (exact) mass is 539 g/mol. The van der Waals surface area contributed by atoms with Gasteiger partial charge in [0, 0.05) is 11.3 Å². The van der Waals surface area contributed by atoms with Gasteiger partial charge in [-0.05, 0) is 98.3 Å². The van der Waals surface area contributed by atoms with Crippen molar-refractivity contribution in [3.8, 4) is 11.5 Å². The van der Waals surface area contributed by atoms with Crippen molar-refractivity contribution in [3.63, 3.8) is 0 Å². The van der Waals surface area contributed by atoms with Crippen LogP contribution in [0, 0.1) is 19.8 Å². The van der Waals surface area contributed by atoms with E-state index in [-0.39, 0.29) is 22.5 Å². The molecule has 0 radical (unpaired) electrons. The number of benzene rings is 3. The molecule has 40 heavy (non-hydrogen) atoms. The number of hydrogen-bond acceptors (Lipinski definition) is 6. The van der Waals surface area contributed by atoms with E-state index >= 15 is 0 Å². The molecule has 1 aromatic heterocycles. The first-order valence-electron chi connectivity index (χ1n) is 13.4. The van der Waals surface area contributed by atoms with Crippen LogP contribution in [0.3, 0.4) is 0 Å². The number of amides is 1. The zero-order valence-electron chi connectivity index (χ0n) is 23.7. The lowest BCUT2D eigenvalue weighted by Gasteiger charge is -2.26. The molecule has 206 valence electrons. The van der Waals surface area contributed by atoms with E-state index in [2.05, 4.69) is 13.8 Å². The number of anilines is 1. The molecule has 0 N–H and O–H groups in total. The second-order valence-corrected chi connectivity index (χ2v) is 10.7. The number of hydrogen-bond donors (Lipinski definition) is 0. The van der Waals surface area contributed by atoms with Crippen LogP contribution in [0.4, 0.5) is 5.69 Å². The van der Waals surface area contributed by atoms with Crippen molar-refractivity contribution < 1.29 is 23.5 Å². The number of fused-ring (bicyclic) bond motifs is 2. The normalized spacial score (nSPS) is 14.6. The van der Waals surface area contributed by atoms with Crippen LogP contribution >= 0.6 is 0 Å². The summed E-state index contributed by atoms with van der Waals surface area (Å²) in [6, 6.07) is 15.1. The Morgan fingerprint density at radius 1 is 0.975 bits per heavy atom. The fraction of sp³-hybridized carbons (Fsp3) is 0.303. The minimum Gasteiger partial charge on any atom is -0.493 e. The quantitative estimate of drug-likeness (QED) is 0.229. The van der Waals surface area contributed by atoms with Crippen molar-refractivity contribution in [3.05, 3.63) is 98.4 Å². The number of nitrogens with zero attached hydrogens (tertiary/aromatic N) is 1. The van der Waals surface area contributed by atoms with E-state index in [0.717, 1.165) is 17.5 Å². The van der Waals surface area contributed by atoms with Crippen LogP contribution in [0.5, 0.6) is 11.5 Å². The third kappa shape index (κ3) is 4.76. The highest BCUT2D eigenvalue weighted by Crippen LogP contribution is 2.43. The van der Waals surface area contributed by atoms with E-state index in [4.69, 9.17) is 13.9 Å². The molecular formula is C33H33NO6. The molecule has 7 heteroatoms. The lowest BCUT2D eigenvalue weighted by molar-refractivity contribution is 0.0970. The average Bonchev–Trinajstić information content (AvgIpc) is 3.22. The van der Waals surface area contributed by atoms with E-state index in [1.807, 2.05) is 32.0 Å². The number of rotatable bonds is 8. The molecule has 0 fully saturated rings. The lowest BCUT2D eigenvalue weighted by Crippen LogP contribution is -2.29. The molecule has 1 amide bonds. The second kappa shape index (κ2) is 10.6. The summed E-state index contributed by atoms with van der Waals surface area (Å²) in [7, 11) is 1.56. The van der Waals surface area contributed by atoms with Crippen molar-refractivity contribution in [2.45, 2.75) is 47.1 Å². The van der Waals surface area contributed by atoms with Gasteiger partial charge in [0.1, 0.15) is 5.58 Å². The van der Waals surface area contributed by atoms with Crippen molar-refractivity contribution in [2.24, 2.45) is 5.92 Å². The van der Waals surface area contributed by atoms with Crippen molar-refractivity contribution in [2.75, 3.05) is 18.6 Å². The summed E-state index contributed by atoms with van der Waals surface area (Å²) in [6.07, 6.45) is 0.895. The molecule has 1 unspecified atom stereocenters. The summed E-state index contributed by atoms with van der Waals surface area (Å²) in [5.74, 6) is 1.10. The standard InChI is InChI=1S/C33H33NO6/c1-18(2)13-14-39-26-12-9-23(17-28(26)38-6)30-29-31(36)25-15-19(3)20(4)16-27(25)40-32(29)33(37)34(30)24-10-7-22(8-11-24)21(5)35/h7-12,15-18,30H,13-14H2,1-6H3. The molecule has 0 saturated heterocycles. The number of carbonyl (C=O) groups excluding carboxylic acids is 2. The maximum absolute atomic E-state index is 14.0. The predicted molar refractivity (Wildman–Crippen MR) is 155 cm³/mol. The summed E-state index contributed by atoms with van der Waals surface area (Å²) in [5, 5.41) is 0.425. The third-order valence-corrected chi connectivity index (χ3v) is 7.49. The largest absolute Gasteiger partial charge is 0.493 e. The number of ether oxygens (including phenoxy) is 2. The maximum Gasteiger partial charge on any atom is 0.295 e. The van der Waals surface area contributed by atoms with Gasteiger partial charge in [-0.15, -0.1) is 0 Å². The highest BCUT2D eigenvalue weighted by atomic mass is 16.5. The SMILES string of the molecule is COc1cc(C2c3c(oc4cc(C)c(C)cc4c3=O)C(=O)N2c2ccc(C(C)=O)cc2)ccc1OCCC(C)C. The summed E-state index contributed by atoms with van der Waals surface area (Å²) in [5.41, 5.74) is 4.06. The number of carbonyl (C=O) groups is 2. The predicted octanol–water partition coefficient (Wildman–Crippen LogP) is 6.80. The van der Waals surface area contributed by atoms with E-state index in [0.29, 0.717) is 51.8 Å². The highest BCUT2D eigenvalue weighted by molar-refractivity contribution is 6.11. The fourth-order valence-electron chi connectivity index (χ4n) is 5.04. The van der Waals surface area contributed by atoms with E-state index in [1.165, 1.54) is 6.92 Å². The first kappa shape index (κ1) is 27.2. The molecular weight excluding hydrogens is 506 g/mol. The number of aryl methyl sites for hydroxylation is 2. The van der Waals surface area contributed by atoms with Crippen LogP contribution in [0.1, 0.15) is 76.4 Å². The van der Waals surface area contributed by atoms with Crippen LogP contribution in [0.15, 0.2) is 63.8 Å². The summed E-state index contributed by atoms with van der Waals surface area (Å²) in [6.45, 7) is 10.2. The Kier molecular flexibility index (Phi) is 7.23. The molecule has 5 rings (SSSR count). The van der Waals surface area contributed by atoms with Crippen LogP contribution in [-0.2, 0) is 0 Å². The average molecular weight is 540 g/mol. The lowest BCUT2D eigenvalue weighted by atomic mass is 9.96. The molecule has 0 spiro atoms. The molecule has 3 aromatic carbocycles. The Morgan fingerprint density at radius 3 is 2.33 bits per heavy atom. The topological polar surface area (TPSA) is 86.0 Å². The minimum atomic E-state index is -0.772. The van der Waals surface area contributed by atoms with Crippen LogP contribution in [0.25, 0.3) is 11.0 Å². The second-order valence-electron chi connectivity index (χ2n) is 10.7. The molecule has 0 aliphatic carbocycles. The minimum absolute atomic E-state index is 0.0117. The summed E-state index contributed by atoms with van der Waals surface area (Å²) in [4.78, 5) is 41.4. The number of Topliss-reactive ketones (excluding diaryl/α,β-unsaturated/α-hetero) is 1. The molecule has 1 atom stereocenters. The molecule has 7 nitrogen and oxygen atoms in total. The molecule has 4 aromatic rings. The maximum atomic E-state index is 14.0. The van der Waals surface area contributed by atoms with Gasteiger partial charge in [-0.25, -0.2) is 0 Å². The summed E-state index contributed by atoms with van der Waals surface area (Å²) >= 11 is 0. The van der Waals surface area contributed by atoms with Gasteiger partial charge in [0.15, 0.2) is 22.7 Å². The highest BCUT2D eigenvalue weighted by Gasteiger charge is 2.44. The van der Waals surface area contributed by atoms with Crippen LogP contribution in [0.2, 0.25) is 0 Å². The number of ketones is 1. The Hall–Kier alpha value is -4.39. The van der Waals surface area contributed by atoms with E-state index in [9.17, 15) is 14.4 Å². The van der Waals surface area contributed by atoms with Gasteiger partial charge in [0.05, 0.1) is 30.7 Å². The Labute approximate surface area is 233 Å². The first-order valence-corrected chi connectivity index (χ1v) is 13.4. The zero-order chi connectivity index (χ0) is 28.7. The van der Waals surface area contributed by atoms with Crippen LogP contribution in [-0.4, -0.2) is 25.4 Å². The van der Waals surface area contributed by atoms with Gasteiger partial charge < -0.3 is 13.9 Å². The van der Waals surface area contributed by atoms with Gasteiger partial charge in [-0.3, -0.25) is 19.3 Å². The molecule has 2 heterocycles. The summed E-state index contributed by atoms with van der Waals surface area (Å²) < 4.78 is 17.8. The van der Waals surface area contributed by atoms with Gasteiger partial charge >= 0.3 is 0 Å². The van der Waals surface area contributed by atoms with Crippen molar-refractivity contribution in [1.82, 2.24) is 0 Å². The fourth-order valence-corrected chi connectivity index (χ4v) is 5.04. The van der Waals surface area contributed by atoms with Gasteiger partial charge in [0.2, 0.25) is 5.76 Å². The van der Waals surface area contributed by atoms with E-state index < -0.39 is 11.9 Å². The molecule has 0 saturated carbocycles. The number of methoxy groups -OCH3 is 1. The Morgan fingerprint density at radius 2 is 1.68 bits per heavy atom. The Balaban J connectivity index is 1.69. The molecule has 1 aliphatic rings. The van der Waals surface area contributed by atoms with Gasteiger partial charge in [-0.2, -0.15) is 0 Å². The zero-order valence-corrected chi connectivity index (χ0v) is 23.7.